The Labute approximate surface area is 99.7 Å². The second-order valence-electron chi connectivity index (χ2n) is 4.06. The Morgan fingerprint density at radius 3 is 3.06 bits per heavy atom. The number of rotatable bonds is 4. The molecule has 1 aliphatic heterocycles. The van der Waals surface area contributed by atoms with Crippen molar-refractivity contribution in [3.8, 4) is 0 Å². The molecule has 0 radical (unpaired) electrons. The minimum absolute atomic E-state index is 0.441. The normalized spacial score (nSPS) is 21.2. The van der Waals surface area contributed by atoms with E-state index in [2.05, 4.69) is 10.2 Å². The van der Waals surface area contributed by atoms with E-state index in [9.17, 15) is 0 Å². The fourth-order valence-corrected chi connectivity index (χ4v) is 2.82. The molecule has 0 aromatic carbocycles. The summed E-state index contributed by atoms with van der Waals surface area (Å²) < 4.78 is 7.42. The highest BCUT2D eigenvalue weighted by Crippen LogP contribution is 2.23. The molecule has 0 aliphatic carbocycles. The summed E-state index contributed by atoms with van der Waals surface area (Å²) in [6, 6.07) is 0. The fraction of sp³-hybridized carbons (Fsp3) is 0.800. The number of nitrogens with zero attached hydrogens (tertiary/aromatic N) is 3. The zero-order valence-corrected chi connectivity index (χ0v) is 10.4. The molecule has 0 bridgehead atoms. The lowest BCUT2D eigenvalue weighted by atomic mass is 10.1. The molecule has 2 rings (SSSR count). The largest absolute Gasteiger partial charge is 0.381 e. The molecule has 0 amide bonds. The van der Waals surface area contributed by atoms with Gasteiger partial charge in [-0.2, -0.15) is 0 Å². The molecule has 1 fully saturated rings. The van der Waals surface area contributed by atoms with Crippen LogP contribution in [0.15, 0.2) is 5.16 Å². The Morgan fingerprint density at radius 2 is 2.44 bits per heavy atom. The molecule has 5 nitrogen and oxygen atoms in total. The van der Waals surface area contributed by atoms with Crippen molar-refractivity contribution in [2.75, 3.05) is 19.0 Å². The number of nitrogens with two attached hydrogens (primary N) is 1. The molecular formula is C10H18N4OS. The van der Waals surface area contributed by atoms with Gasteiger partial charge in [0.15, 0.2) is 5.16 Å². The highest BCUT2D eigenvalue weighted by molar-refractivity contribution is 7.99. The highest BCUT2D eigenvalue weighted by Gasteiger charge is 2.16. The van der Waals surface area contributed by atoms with Crippen LogP contribution in [0.1, 0.15) is 18.7 Å². The summed E-state index contributed by atoms with van der Waals surface area (Å²) in [5.74, 6) is 2.54. The van der Waals surface area contributed by atoms with Crippen LogP contribution in [-0.4, -0.2) is 33.7 Å². The van der Waals surface area contributed by atoms with E-state index < -0.39 is 0 Å². The lowest BCUT2D eigenvalue weighted by Crippen LogP contribution is -2.19. The van der Waals surface area contributed by atoms with E-state index in [4.69, 9.17) is 10.5 Å². The first kappa shape index (κ1) is 11.9. The summed E-state index contributed by atoms with van der Waals surface area (Å²) in [6.07, 6.45) is 2.44. The fourth-order valence-electron chi connectivity index (χ4n) is 1.78. The third kappa shape index (κ3) is 2.75. The van der Waals surface area contributed by atoms with Gasteiger partial charge in [0.1, 0.15) is 5.82 Å². The predicted octanol–water partition coefficient (Wildman–Crippen LogP) is 0.792. The minimum atomic E-state index is 0.441. The molecule has 0 saturated carbocycles. The molecule has 1 aromatic heterocycles. The number of aromatic nitrogens is 3. The lowest BCUT2D eigenvalue weighted by molar-refractivity contribution is 0.0632. The highest BCUT2D eigenvalue weighted by atomic mass is 32.2. The van der Waals surface area contributed by atoms with Gasteiger partial charge >= 0.3 is 0 Å². The third-order valence-corrected chi connectivity index (χ3v) is 4.06. The third-order valence-electron chi connectivity index (χ3n) is 2.81. The van der Waals surface area contributed by atoms with Crippen molar-refractivity contribution in [3.05, 3.63) is 5.82 Å². The van der Waals surface area contributed by atoms with Gasteiger partial charge in [0.25, 0.3) is 0 Å². The summed E-state index contributed by atoms with van der Waals surface area (Å²) in [5, 5.41) is 9.11. The molecule has 2 heterocycles. The summed E-state index contributed by atoms with van der Waals surface area (Å²) in [4.78, 5) is 0. The van der Waals surface area contributed by atoms with Crippen LogP contribution in [0, 0.1) is 5.92 Å². The van der Waals surface area contributed by atoms with Crippen LogP contribution >= 0.6 is 11.8 Å². The maximum absolute atomic E-state index is 5.55. The van der Waals surface area contributed by atoms with Crippen molar-refractivity contribution in [3.63, 3.8) is 0 Å². The van der Waals surface area contributed by atoms with Crippen LogP contribution in [0.3, 0.4) is 0 Å². The van der Waals surface area contributed by atoms with Gasteiger partial charge in [-0.25, -0.2) is 0 Å². The molecule has 16 heavy (non-hydrogen) atoms. The molecule has 1 aromatic rings. The number of hydrogen-bond donors (Lipinski definition) is 1. The van der Waals surface area contributed by atoms with Crippen molar-refractivity contribution in [1.82, 2.24) is 14.8 Å². The first-order valence-electron chi connectivity index (χ1n) is 5.60. The van der Waals surface area contributed by atoms with E-state index in [0.717, 1.165) is 29.9 Å². The summed E-state index contributed by atoms with van der Waals surface area (Å²) in [5.41, 5.74) is 5.55. The van der Waals surface area contributed by atoms with E-state index >= 15 is 0 Å². The zero-order valence-electron chi connectivity index (χ0n) is 9.56. The molecule has 6 heteroatoms. The molecule has 1 atom stereocenters. The van der Waals surface area contributed by atoms with Crippen molar-refractivity contribution in [2.24, 2.45) is 18.7 Å². The average molecular weight is 242 g/mol. The van der Waals surface area contributed by atoms with Crippen LogP contribution in [0.25, 0.3) is 0 Å². The van der Waals surface area contributed by atoms with Crippen molar-refractivity contribution in [2.45, 2.75) is 24.5 Å². The predicted molar refractivity (Wildman–Crippen MR) is 63.2 cm³/mol. The van der Waals surface area contributed by atoms with Gasteiger partial charge in [0, 0.05) is 19.4 Å². The molecule has 1 saturated heterocycles. The van der Waals surface area contributed by atoms with E-state index in [0.29, 0.717) is 12.5 Å². The van der Waals surface area contributed by atoms with Crippen molar-refractivity contribution in [1.29, 1.82) is 0 Å². The number of ether oxygens (including phenoxy) is 1. The molecule has 90 valence electrons. The second-order valence-corrected chi connectivity index (χ2v) is 5.04. The van der Waals surface area contributed by atoms with E-state index in [1.54, 1.807) is 11.8 Å². The Morgan fingerprint density at radius 1 is 1.56 bits per heavy atom. The Kier molecular flexibility index (Phi) is 4.20. The van der Waals surface area contributed by atoms with Gasteiger partial charge in [0.2, 0.25) is 0 Å². The van der Waals surface area contributed by atoms with E-state index in [1.165, 1.54) is 12.8 Å². The van der Waals surface area contributed by atoms with E-state index in [1.807, 2.05) is 11.6 Å². The average Bonchev–Trinajstić information content (AvgIpc) is 2.69. The second kappa shape index (κ2) is 5.65. The van der Waals surface area contributed by atoms with Gasteiger partial charge in [-0.3, -0.25) is 0 Å². The smallest absolute Gasteiger partial charge is 0.190 e. The topological polar surface area (TPSA) is 66.0 Å². The minimum Gasteiger partial charge on any atom is -0.381 e. The maximum atomic E-state index is 5.55. The van der Waals surface area contributed by atoms with Gasteiger partial charge in [-0.05, 0) is 18.8 Å². The molecule has 0 unspecified atom stereocenters. The molecular weight excluding hydrogens is 224 g/mol. The van der Waals surface area contributed by atoms with Crippen LogP contribution < -0.4 is 5.73 Å². The standard InChI is InChI=1S/C10H18N4OS/c1-14-9(5-11)12-13-10(14)16-7-8-3-2-4-15-6-8/h8H,2-7,11H2,1H3/t8-/m0/s1. The lowest BCUT2D eigenvalue weighted by Gasteiger charge is -2.21. The number of hydrogen-bond acceptors (Lipinski definition) is 5. The number of thioether (sulfide) groups is 1. The Bertz CT molecular complexity index is 336. The molecule has 1 aliphatic rings. The first-order valence-corrected chi connectivity index (χ1v) is 6.58. The summed E-state index contributed by atoms with van der Waals surface area (Å²) in [7, 11) is 1.96. The van der Waals surface area contributed by atoms with Crippen LogP contribution in [0.2, 0.25) is 0 Å². The molecule has 2 N–H and O–H groups in total. The van der Waals surface area contributed by atoms with Crippen LogP contribution in [0.5, 0.6) is 0 Å². The monoisotopic (exact) mass is 242 g/mol. The maximum Gasteiger partial charge on any atom is 0.190 e. The van der Waals surface area contributed by atoms with Crippen LogP contribution in [-0.2, 0) is 18.3 Å². The van der Waals surface area contributed by atoms with Gasteiger partial charge < -0.3 is 15.0 Å². The quantitative estimate of drug-likeness (QED) is 0.791. The zero-order chi connectivity index (χ0) is 11.4. The van der Waals surface area contributed by atoms with Crippen LogP contribution in [0.4, 0.5) is 0 Å². The first-order chi connectivity index (χ1) is 7.81. The van der Waals surface area contributed by atoms with E-state index in [-0.39, 0.29) is 0 Å². The summed E-state index contributed by atoms with van der Waals surface area (Å²) >= 11 is 1.74. The van der Waals surface area contributed by atoms with Gasteiger partial charge in [-0.15, -0.1) is 10.2 Å². The molecule has 0 spiro atoms. The van der Waals surface area contributed by atoms with Crippen molar-refractivity contribution >= 4 is 11.8 Å². The SMILES string of the molecule is Cn1c(CN)nnc1SC[C@H]1CCCOC1. The van der Waals surface area contributed by atoms with Gasteiger partial charge in [-0.1, -0.05) is 11.8 Å². The summed E-state index contributed by atoms with van der Waals surface area (Å²) in [6.45, 7) is 2.24. The Hall–Kier alpha value is -0.590. The van der Waals surface area contributed by atoms with Gasteiger partial charge in [0.05, 0.1) is 13.2 Å². The Balaban J connectivity index is 1.86. The van der Waals surface area contributed by atoms with Crippen molar-refractivity contribution < 1.29 is 4.74 Å².